The molecule has 1 aromatic rings. The second-order valence-corrected chi connectivity index (χ2v) is 6.17. The molecule has 0 amide bonds. The van der Waals surface area contributed by atoms with E-state index in [-0.39, 0.29) is 11.5 Å². The van der Waals surface area contributed by atoms with E-state index < -0.39 is 0 Å². The van der Waals surface area contributed by atoms with Crippen molar-refractivity contribution in [2.45, 2.75) is 54.0 Å². The molecule has 98 valence electrons. The molecule has 0 saturated carbocycles. The van der Waals surface area contributed by atoms with Gasteiger partial charge >= 0.3 is 0 Å². The fraction of sp³-hybridized carbons (Fsp3) is 0.529. The standard InChI is InChI=1S/C17H25N/c1-12-10-13(2)16(14(3)11-12)15(18)8-7-9-17(4,5)6/h10-11,15H,8,18H2,1-6H3. The van der Waals surface area contributed by atoms with Crippen LogP contribution in [0.15, 0.2) is 12.1 Å². The van der Waals surface area contributed by atoms with Gasteiger partial charge in [0, 0.05) is 17.9 Å². The third kappa shape index (κ3) is 4.20. The van der Waals surface area contributed by atoms with Crippen molar-refractivity contribution in [2.75, 3.05) is 0 Å². The summed E-state index contributed by atoms with van der Waals surface area (Å²) in [5.41, 5.74) is 11.4. The summed E-state index contributed by atoms with van der Waals surface area (Å²) in [6, 6.07) is 4.40. The molecule has 0 spiro atoms. The average molecular weight is 243 g/mol. The molecule has 0 aliphatic heterocycles. The van der Waals surface area contributed by atoms with Gasteiger partial charge in [0.25, 0.3) is 0 Å². The molecule has 0 fully saturated rings. The van der Waals surface area contributed by atoms with Gasteiger partial charge in [0.05, 0.1) is 0 Å². The fourth-order valence-electron chi connectivity index (χ4n) is 2.30. The topological polar surface area (TPSA) is 26.0 Å². The average Bonchev–Trinajstić information content (AvgIpc) is 2.13. The van der Waals surface area contributed by atoms with Crippen LogP contribution in [0.4, 0.5) is 0 Å². The highest BCUT2D eigenvalue weighted by Gasteiger charge is 2.11. The fourth-order valence-corrected chi connectivity index (χ4v) is 2.30. The first-order valence-electron chi connectivity index (χ1n) is 6.54. The van der Waals surface area contributed by atoms with Crippen LogP contribution in [0.5, 0.6) is 0 Å². The van der Waals surface area contributed by atoms with E-state index in [9.17, 15) is 0 Å². The number of hydrogen-bond donors (Lipinski definition) is 1. The largest absolute Gasteiger partial charge is 0.323 e. The van der Waals surface area contributed by atoms with E-state index in [1.54, 1.807) is 0 Å². The third-order valence-electron chi connectivity index (χ3n) is 2.89. The zero-order valence-electron chi connectivity index (χ0n) is 12.5. The Morgan fingerprint density at radius 2 is 1.61 bits per heavy atom. The Hall–Kier alpha value is -1.26. The van der Waals surface area contributed by atoms with E-state index in [1.807, 2.05) is 0 Å². The molecular weight excluding hydrogens is 218 g/mol. The Morgan fingerprint density at radius 3 is 2.06 bits per heavy atom. The smallest absolute Gasteiger partial charge is 0.0411 e. The Balaban J connectivity index is 2.91. The highest BCUT2D eigenvalue weighted by Crippen LogP contribution is 2.24. The molecule has 0 heterocycles. The minimum atomic E-state index is 0.0143. The third-order valence-corrected chi connectivity index (χ3v) is 2.89. The molecule has 0 aliphatic carbocycles. The molecule has 18 heavy (non-hydrogen) atoms. The molecule has 0 bridgehead atoms. The zero-order chi connectivity index (χ0) is 13.9. The predicted molar refractivity (Wildman–Crippen MR) is 79.4 cm³/mol. The summed E-state index contributed by atoms with van der Waals surface area (Å²) in [6.45, 7) is 12.7. The van der Waals surface area contributed by atoms with Gasteiger partial charge in [0.1, 0.15) is 0 Å². The van der Waals surface area contributed by atoms with Crippen molar-refractivity contribution in [3.05, 3.63) is 34.4 Å². The van der Waals surface area contributed by atoms with Crippen molar-refractivity contribution in [3.63, 3.8) is 0 Å². The van der Waals surface area contributed by atoms with Gasteiger partial charge in [0.15, 0.2) is 0 Å². The molecule has 1 unspecified atom stereocenters. The number of nitrogens with two attached hydrogens (primary N) is 1. The SMILES string of the molecule is Cc1cc(C)c(C(N)CC#CC(C)(C)C)c(C)c1. The molecule has 1 rings (SSSR count). The number of rotatable bonds is 2. The molecule has 1 nitrogen and oxygen atoms in total. The van der Waals surface area contributed by atoms with Gasteiger partial charge in [-0.2, -0.15) is 0 Å². The lowest BCUT2D eigenvalue weighted by Gasteiger charge is -2.16. The molecule has 0 radical (unpaired) electrons. The molecule has 1 heteroatoms. The summed E-state index contributed by atoms with van der Waals surface area (Å²) in [4.78, 5) is 0. The highest BCUT2D eigenvalue weighted by atomic mass is 14.6. The summed E-state index contributed by atoms with van der Waals surface area (Å²) in [6.07, 6.45) is 0.724. The molecule has 0 aliphatic rings. The lowest BCUT2D eigenvalue weighted by molar-refractivity contribution is 0.569. The summed E-state index contributed by atoms with van der Waals surface area (Å²) in [7, 11) is 0. The number of hydrogen-bond acceptors (Lipinski definition) is 1. The maximum absolute atomic E-state index is 6.27. The summed E-state index contributed by atoms with van der Waals surface area (Å²) in [5.74, 6) is 6.46. The molecule has 0 saturated heterocycles. The maximum atomic E-state index is 6.27. The quantitative estimate of drug-likeness (QED) is 0.779. The van der Waals surface area contributed by atoms with Crippen LogP contribution in [0.25, 0.3) is 0 Å². The van der Waals surface area contributed by atoms with E-state index in [2.05, 4.69) is 65.5 Å². The van der Waals surface area contributed by atoms with Gasteiger partial charge in [-0.05, 0) is 58.2 Å². The maximum Gasteiger partial charge on any atom is 0.0411 e. The van der Waals surface area contributed by atoms with Gasteiger partial charge < -0.3 is 5.73 Å². The summed E-state index contributed by atoms with van der Waals surface area (Å²) in [5, 5.41) is 0. The zero-order valence-corrected chi connectivity index (χ0v) is 12.5. The molecular formula is C17H25N. The highest BCUT2D eigenvalue weighted by molar-refractivity contribution is 5.40. The van der Waals surface area contributed by atoms with E-state index in [0.717, 1.165) is 6.42 Å². The van der Waals surface area contributed by atoms with Gasteiger partial charge in [-0.15, -0.1) is 5.92 Å². The predicted octanol–water partition coefficient (Wildman–Crippen LogP) is 4.05. The second-order valence-electron chi connectivity index (χ2n) is 6.17. The number of aryl methyl sites for hydroxylation is 3. The minimum Gasteiger partial charge on any atom is -0.323 e. The van der Waals surface area contributed by atoms with Crippen LogP contribution in [-0.2, 0) is 0 Å². The first kappa shape index (κ1) is 14.8. The van der Waals surface area contributed by atoms with Crippen LogP contribution < -0.4 is 5.73 Å². The van der Waals surface area contributed by atoms with Crippen molar-refractivity contribution >= 4 is 0 Å². The van der Waals surface area contributed by atoms with Crippen molar-refractivity contribution in [1.82, 2.24) is 0 Å². The van der Waals surface area contributed by atoms with Crippen LogP contribution in [0, 0.1) is 38.0 Å². The molecule has 2 N–H and O–H groups in total. The normalized spacial score (nSPS) is 12.8. The number of benzene rings is 1. The molecule has 1 aromatic carbocycles. The molecule has 1 atom stereocenters. The van der Waals surface area contributed by atoms with Crippen LogP contribution >= 0.6 is 0 Å². The van der Waals surface area contributed by atoms with Crippen LogP contribution in [0.3, 0.4) is 0 Å². The first-order valence-corrected chi connectivity index (χ1v) is 6.54. The Morgan fingerprint density at radius 1 is 1.11 bits per heavy atom. The van der Waals surface area contributed by atoms with Gasteiger partial charge in [-0.25, -0.2) is 0 Å². The van der Waals surface area contributed by atoms with Crippen molar-refractivity contribution in [1.29, 1.82) is 0 Å². The Kier molecular flexibility index (Phi) is 4.59. The first-order chi connectivity index (χ1) is 8.20. The van der Waals surface area contributed by atoms with E-state index in [1.165, 1.54) is 22.3 Å². The minimum absolute atomic E-state index is 0.0143. The van der Waals surface area contributed by atoms with Gasteiger partial charge in [-0.1, -0.05) is 23.6 Å². The van der Waals surface area contributed by atoms with Gasteiger partial charge in [0.2, 0.25) is 0 Å². The van der Waals surface area contributed by atoms with E-state index in [0.29, 0.717) is 0 Å². The Bertz CT molecular complexity index is 458. The lowest BCUT2D eigenvalue weighted by atomic mass is 9.92. The van der Waals surface area contributed by atoms with Crippen LogP contribution in [0.2, 0.25) is 0 Å². The van der Waals surface area contributed by atoms with Crippen molar-refractivity contribution in [3.8, 4) is 11.8 Å². The summed E-state index contributed by atoms with van der Waals surface area (Å²) >= 11 is 0. The Labute approximate surface area is 112 Å². The van der Waals surface area contributed by atoms with Crippen LogP contribution in [-0.4, -0.2) is 0 Å². The second kappa shape index (κ2) is 5.59. The van der Waals surface area contributed by atoms with E-state index >= 15 is 0 Å². The van der Waals surface area contributed by atoms with Crippen molar-refractivity contribution in [2.24, 2.45) is 11.1 Å². The monoisotopic (exact) mass is 243 g/mol. The van der Waals surface area contributed by atoms with E-state index in [4.69, 9.17) is 5.73 Å². The summed E-state index contributed by atoms with van der Waals surface area (Å²) < 4.78 is 0. The van der Waals surface area contributed by atoms with Crippen molar-refractivity contribution < 1.29 is 0 Å². The molecule has 0 aromatic heterocycles. The van der Waals surface area contributed by atoms with Crippen LogP contribution in [0.1, 0.15) is 55.5 Å². The van der Waals surface area contributed by atoms with Gasteiger partial charge in [-0.3, -0.25) is 0 Å². The lowest BCUT2D eigenvalue weighted by Crippen LogP contribution is -2.13.